The summed E-state index contributed by atoms with van der Waals surface area (Å²) in [6.45, 7) is 0. The topological polar surface area (TPSA) is 156 Å². The molecule has 132 valence electrons. The number of fused-ring (bicyclic) bond motifs is 1. The number of methoxy groups -OCH3 is 1. The van der Waals surface area contributed by atoms with Crippen LogP contribution in [0.5, 0.6) is 11.5 Å². The fourth-order valence-corrected chi connectivity index (χ4v) is 4.25. The summed E-state index contributed by atoms with van der Waals surface area (Å²) in [5.74, 6) is 0.0873. The Morgan fingerprint density at radius 1 is 1.40 bits per heavy atom. The number of H-pyrrole nitrogens is 1. The molecular weight excluding hydrogens is 368 g/mol. The Labute approximate surface area is 146 Å². The van der Waals surface area contributed by atoms with Crippen LogP contribution in [0.3, 0.4) is 0 Å². The van der Waals surface area contributed by atoms with Crippen molar-refractivity contribution in [2.45, 2.75) is 5.03 Å². The summed E-state index contributed by atoms with van der Waals surface area (Å²) in [5.41, 5.74) is 6.75. The lowest BCUT2D eigenvalue weighted by Crippen LogP contribution is -2.15. The largest absolute Gasteiger partial charge is 0.504 e. The molecule has 0 radical (unpaired) electrons. The second kappa shape index (κ2) is 6.64. The van der Waals surface area contributed by atoms with Crippen LogP contribution in [0.4, 0.5) is 11.6 Å². The first-order valence-electron chi connectivity index (χ1n) is 6.85. The molecular formula is C13H14N6O4S2. The van der Waals surface area contributed by atoms with Crippen LogP contribution in [0.1, 0.15) is 0 Å². The number of nitrogens with zero attached hydrogens (tertiary/aromatic N) is 3. The molecule has 2 aromatic heterocycles. The van der Waals surface area contributed by atoms with E-state index in [1.807, 2.05) is 0 Å². The quantitative estimate of drug-likeness (QED) is 0.279. The minimum absolute atomic E-state index is 0.00993. The van der Waals surface area contributed by atoms with Crippen molar-refractivity contribution in [1.29, 1.82) is 0 Å². The zero-order valence-corrected chi connectivity index (χ0v) is 14.6. The van der Waals surface area contributed by atoms with Crippen molar-refractivity contribution in [2.24, 2.45) is 0 Å². The number of aromatic hydroxyl groups is 1. The number of nitrogen functional groups attached to an aromatic ring is 1. The molecule has 0 fully saturated rings. The number of sulfonamides is 1. The maximum absolute atomic E-state index is 12.3. The number of phenolic OH excluding ortho intramolecular Hbond substituents is 1. The first-order valence-corrected chi connectivity index (χ1v) is 9.48. The third kappa shape index (κ3) is 3.85. The molecule has 0 aliphatic carbocycles. The maximum atomic E-state index is 12.3. The number of phenols is 1. The van der Waals surface area contributed by atoms with E-state index < -0.39 is 10.0 Å². The van der Waals surface area contributed by atoms with Gasteiger partial charge in [0.2, 0.25) is 16.0 Å². The van der Waals surface area contributed by atoms with Crippen LogP contribution >= 0.6 is 11.8 Å². The van der Waals surface area contributed by atoms with Crippen LogP contribution in [0.2, 0.25) is 0 Å². The molecule has 0 atom stereocenters. The van der Waals surface area contributed by atoms with E-state index in [9.17, 15) is 13.5 Å². The molecule has 5 N–H and O–H groups in total. The van der Waals surface area contributed by atoms with Crippen LogP contribution in [-0.4, -0.2) is 45.7 Å². The van der Waals surface area contributed by atoms with Crippen LogP contribution in [-0.2, 0) is 10.0 Å². The number of hydrogen-bond donors (Lipinski definition) is 4. The van der Waals surface area contributed by atoms with Gasteiger partial charge in [-0.15, -0.1) is 0 Å². The van der Waals surface area contributed by atoms with Crippen molar-refractivity contribution < 1.29 is 18.3 Å². The van der Waals surface area contributed by atoms with Gasteiger partial charge in [0, 0.05) is 6.07 Å². The molecule has 0 saturated carbocycles. The summed E-state index contributed by atoms with van der Waals surface area (Å²) in [4.78, 5) is 14.8. The van der Waals surface area contributed by atoms with Gasteiger partial charge >= 0.3 is 0 Å². The maximum Gasteiger partial charge on any atom is 0.242 e. The highest BCUT2D eigenvalue weighted by Crippen LogP contribution is 2.30. The van der Waals surface area contributed by atoms with Gasteiger partial charge in [0.05, 0.1) is 19.1 Å². The zero-order chi connectivity index (χ0) is 18.0. The number of anilines is 2. The third-order valence-electron chi connectivity index (χ3n) is 3.07. The number of nitrogens with one attached hydrogen (secondary N) is 2. The van der Waals surface area contributed by atoms with Crippen LogP contribution in [0.15, 0.2) is 29.6 Å². The molecule has 10 nitrogen and oxygen atoms in total. The normalized spacial score (nSPS) is 11.6. The monoisotopic (exact) mass is 382 g/mol. The minimum Gasteiger partial charge on any atom is -0.504 e. The van der Waals surface area contributed by atoms with Crippen molar-refractivity contribution in [3.05, 3.63) is 24.5 Å². The summed E-state index contributed by atoms with van der Waals surface area (Å²) in [6, 6.07) is 4.15. The number of nitrogens with two attached hydrogens (primary N) is 1. The fraction of sp³-hybridized carbons (Fsp3) is 0.154. The van der Waals surface area contributed by atoms with Gasteiger partial charge in [-0.1, -0.05) is 11.8 Å². The van der Waals surface area contributed by atoms with Gasteiger partial charge in [0.1, 0.15) is 15.6 Å². The van der Waals surface area contributed by atoms with E-state index in [0.29, 0.717) is 16.2 Å². The lowest BCUT2D eigenvalue weighted by Gasteiger charge is -2.10. The van der Waals surface area contributed by atoms with Gasteiger partial charge in [0.25, 0.3) is 0 Å². The number of hydrogen-bond acceptors (Lipinski definition) is 9. The highest BCUT2D eigenvalue weighted by Gasteiger charge is 2.16. The first kappa shape index (κ1) is 17.1. The Morgan fingerprint density at radius 2 is 2.20 bits per heavy atom. The van der Waals surface area contributed by atoms with E-state index in [-0.39, 0.29) is 28.2 Å². The number of aromatic amines is 1. The van der Waals surface area contributed by atoms with E-state index in [1.165, 1.54) is 31.6 Å². The molecule has 0 spiro atoms. The van der Waals surface area contributed by atoms with Crippen LogP contribution in [0.25, 0.3) is 11.2 Å². The molecule has 0 aliphatic heterocycles. The average molecular weight is 382 g/mol. The van der Waals surface area contributed by atoms with E-state index in [2.05, 4.69) is 24.7 Å². The standard InChI is InChI=1S/C13H14N6O4S2/c1-23-9-4-7(2-3-8(9)20)19-25(21,22)6-24-12-10-11(16-5-15-10)17-13(14)18-12/h2-5,19-20H,6H2,1H3,(H3,14,15,16,17,18). The Morgan fingerprint density at radius 3 is 2.96 bits per heavy atom. The minimum atomic E-state index is -3.69. The van der Waals surface area contributed by atoms with E-state index in [1.54, 1.807) is 0 Å². The summed E-state index contributed by atoms with van der Waals surface area (Å²) in [5, 5.41) is 9.63. The predicted octanol–water partition coefficient (Wildman–Crippen LogP) is 1.14. The fourth-order valence-electron chi connectivity index (χ4n) is 2.01. The van der Waals surface area contributed by atoms with Crippen molar-refractivity contribution in [3.63, 3.8) is 0 Å². The molecule has 0 unspecified atom stereocenters. The number of imidazole rings is 1. The van der Waals surface area contributed by atoms with Gasteiger partial charge in [-0.25, -0.2) is 18.4 Å². The van der Waals surface area contributed by atoms with Crippen molar-refractivity contribution in [2.75, 3.05) is 22.7 Å². The van der Waals surface area contributed by atoms with Crippen LogP contribution in [0, 0.1) is 0 Å². The molecule has 25 heavy (non-hydrogen) atoms. The summed E-state index contributed by atoms with van der Waals surface area (Å²) < 4.78 is 31.9. The predicted molar refractivity (Wildman–Crippen MR) is 94.0 cm³/mol. The number of aromatic nitrogens is 4. The Kier molecular flexibility index (Phi) is 4.55. The van der Waals surface area contributed by atoms with Gasteiger partial charge in [-0.3, -0.25) is 4.72 Å². The van der Waals surface area contributed by atoms with E-state index in [0.717, 1.165) is 11.8 Å². The summed E-state index contributed by atoms with van der Waals surface area (Å²) in [6.07, 6.45) is 1.43. The molecule has 3 rings (SSSR count). The highest BCUT2D eigenvalue weighted by atomic mass is 32.3. The molecule has 3 aromatic rings. The molecule has 0 saturated heterocycles. The number of thioether (sulfide) groups is 1. The van der Waals surface area contributed by atoms with Crippen molar-refractivity contribution in [3.8, 4) is 11.5 Å². The number of benzene rings is 1. The van der Waals surface area contributed by atoms with Gasteiger partial charge in [0.15, 0.2) is 17.1 Å². The molecule has 0 aliphatic rings. The van der Waals surface area contributed by atoms with Gasteiger partial charge in [-0.05, 0) is 12.1 Å². The Balaban J connectivity index is 1.76. The second-order valence-electron chi connectivity index (χ2n) is 4.85. The summed E-state index contributed by atoms with van der Waals surface area (Å²) in [7, 11) is -2.32. The second-order valence-corrected chi connectivity index (χ2v) is 7.91. The molecule has 1 aromatic carbocycles. The lowest BCUT2D eigenvalue weighted by atomic mass is 10.3. The number of ether oxygens (including phenoxy) is 1. The molecule has 12 heteroatoms. The van der Waals surface area contributed by atoms with Gasteiger partial charge in [-0.2, -0.15) is 4.98 Å². The van der Waals surface area contributed by atoms with Crippen molar-refractivity contribution in [1.82, 2.24) is 19.9 Å². The SMILES string of the molecule is COc1cc(NS(=O)(=O)CSc2nc(N)nc3nc[nH]c23)ccc1O. The summed E-state index contributed by atoms with van der Waals surface area (Å²) >= 11 is 0.975. The molecule has 0 amide bonds. The third-order valence-corrected chi connectivity index (χ3v) is 5.90. The smallest absolute Gasteiger partial charge is 0.242 e. The number of rotatable bonds is 6. The van der Waals surface area contributed by atoms with Crippen LogP contribution < -0.4 is 15.2 Å². The van der Waals surface area contributed by atoms with E-state index in [4.69, 9.17) is 10.5 Å². The zero-order valence-electron chi connectivity index (χ0n) is 12.9. The van der Waals surface area contributed by atoms with Crippen molar-refractivity contribution >= 4 is 44.6 Å². The van der Waals surface area contributed by atoms with Gasteiger partial charge < -0.3 is 20.6 Å². The highest BCUT2D eigenvalue weighted by molar-refractivity contribution is 8.12. The lowest BCUT2D eigenvalue weighted by molar-refractivity contribution is 0.374. The molecule has 2 heterocycles. The van der Waals surface area contributed by atoms with E-state index >= 15 is 0 Å². The molecule has 0 bridgehead atoms. The Bertz CT molecular complexity index is 1020. The first-order chi connectivity index (χ1) is 11.9. The Hall–Kier alpha value is -2.73. The average Bonchev–Trinajstić information content (AvgIpc) is 3.02.